The normalized spacial score (nSPS) is 18.2. The molecule has 0 radical (unpaired) electrons. The summed E-state index contributed by atoms with van der Waals surface area (Å²) in [5, 5.41) is 6.88. The average Bonchev–Trinajstić information content (AvgIpc) is 3.06. The maximum absolute atomic E-state index is 12.3. The first-order valence-electron chi connectivity index (χ1n) is 7.93. The molecule has 2 aromatic rings. The number of anilines is 1. The van der Waals surface area contributed by atoms with Gasteiger partial charge in [-0.1, -0.05) is 19.0 Å². The van der Waals surface area contributed by atoms with Gasteiger partial charge in [-0.05, 0) is 18.9 Å². The molecule has 1 N–H and O–H groups in total. The van der Waals surface area contributed by atoms with Crippen molar-refractivity contribution in [3.63, 3.8) is 0 Å². The molecule has 0 bridgehead atoms. The lowest BCUT2D eigenvalue weighted by Crippen LogP contribution is -2.48. The standard InChI is InChI=1S/C16H21N5O2/c1-11(2)14-9-13(20-23-14)15(22)19-12-5-3-8-21(10-12)16-17-6-4-7-18-16/h4,6-7,9,11-12H,3,5,8,10H2,1-2H3,(H,19,22)/t12-/m0/s1. The topological polar surface area (TPSA) is 84.2 Å². The molecule has 3 rings (SSSR count). The van der Waals surface area contributed by atoms with Crippen molar-refractivity contribution < 1.29 is 9.32 Å². The molecule has 0 aliphatic carbocycles. The molecule has 1 atom stereocenters. The maximum atomic E-state index is 12.3. The van der Waals surface area contributed by atoms with Crippen LogP contribution in [-0.2, 0) is 0 Å². The van der Waals surface area contributed by atoms with Crippen LogP contribution < -0.4 is 10.2 Å². The quantitative estimate of drug-likeness (QED) is 0.929. The number of carbonyl (C=O) groups is 1. The molecule has 1 fully saturated rings. The van der Waals surface area contributed by atoms with Crippen molar-refractivity contribution >= 4 is 11.9 Å². The van der Waals surface area contributed by atoms with Gasteiger partial charge in [0.15, 0.2) is 5.69 Å². The van der Waals surface area contributed by atoms with Crippen molar-refractivity contribution in [2.24, 2.45) is 0 Å². The highest BCUT2D eigenvalue weighted by atomic mass is 16.5. The van der Waals surface area contributed by atoms with Gasteiger partial charge in [-0.2, -0.15) is 0 Å². The Hall–Kier alpha value is -2.44. The molecule has 1 amide bonds. The number of aromatic nitrogens is 3. The molecule has 0 saturated carbocycles. The maximum Gasteiger partial charge on any atom is 0.273 e. The fraction of sp³-hybridized carbons (Fsp3) is 0.500. The predicted molar refractivity (Wildman–Crippen MR) is 85.3 cm³/mol. The van der Waals surface area contributed by atoms with Gasteiger partial charge in [-0.3, -0.25) is 4.79 Å². The second-order valence-corrected chi connectivity index (χ2v) is 6.08. The lowest BCUT2D eigenvalue weighted by molar-refractivity contribution is 0.0923. The number of amides is 1. The Kier molecular flexibility index (Phi) is 4.55. The molecule has 0 aromatic carbocycles. The minimum absolute atomic E-state index is 0.0549. The summed E-state index contributed by atoms with van der Waals surface area (Å²) in [6, 6.07) is 3.56. The van der Waals surface area contributed by atoms with E-state index < -0.39 is 0 Å². The van der Waals surface area contributed by atoms with Crippen molar-refractivity contribution in [1.29, 1.82) is 0 Å². The zero-order valence-electron chi connectivity index (χ0n) is 13.4. The Bertz CT molecular complexity index is 656. The van der Waals surface area contributed by atoms with Gasteiger partial charge in [0.1, 0.15) is 5.76 Å². The van der Waals surface area contributed by atoms with Crippen molar-refractivity contribution in [2.45, 2.75) is 38.6 Å². The highest BCUT2D eigenvalue weighted by Gasteiger charge is 2.24. The van der Waals surface area contributed by atoms with E-state index in [2.05, 4.69) is 25.3 Å². The van der Waals surface area contributed by atoms with E-state index in [9.17, 15) is 4.79 Å². The van der Waals surface area contributed by atoms with Crippen molar-refractivity contribution in [3.05, 3.63) is 36.0 Å². The van der Waals surface area contributed by atoms with Gasteiger partial charge in [-0.15, -0.1) is 0 Å². The highest BCUT2D eigenvalue weighted by molar-refractivity contribution is 5.92. The minimum atomic E-state index is -0.193. The van der Waals surface area contributed by atoms with E-state index in [-0.39, 0.29) is 17.9 Å². The van der Waals surface area contributed by atoms with Gasteiger partial charge in [0.05, 0.1) is 0 Å². The van der Waals surface area contributed by atoms with Crippen LogP contribution >= 0.6 is 0 Å². The third-order valence-electron chi connectivity index (χ3n) is 3.92. The second kappa shape index (κ2) is 6.76. The smallest absolute Gasteiger partial charge is 0.273 e. The molecule has 0 unspecified atom stereocenters. The van der Waals surface area contributed by atoms with E-state index in [4.69, 9.17) is 4.52 Å². The minimum Gasteiger partial charge on any atom is -0.360 e. The van der Waals surface area contributed by atoms with Gasteiger partial charge >= 0.3 is 0 Å². The van der Waals surface area contributed by atoms with Crippen LogP contribution in [-0.4, -0.2) is 40.2 Å². The molecule has 1 aliphatic rings. The number of nitrogens with one attached hydrogen (secondary N) is 1. The Balaban J connectivity index is 1.62. The summed E-state index contributed by atoms with van der Waals surface area (Å²) in [5.74, 6) is 1.44. The monoisotopic (exact) mass is 315 g/mol. The Labute approximate surface area is 135 Å². The molecule has 0 spiro atoms. The zero-order valence-corrected chi connectivity index (χ0v) is 13.4. The first-order valence-corrected chi connectivity index (χ1v) is 7.93. The lowest BCUT2D eigenvalue weighted by Gasteiger charge is -2.32. The van der Waals surface area contributed by atoms with E-state index in [1.54, 1.807) is 24.5 Å². The number of hydrogen-bond acceptors (Lipinski definition) is 6. The summed E-state index contributed by atoms with van der Waals surface area (Å²) >= 11 is 0. The van der Waals surface area contributed by atoms with Crippen LogP contribution in [0.25, 0.3) is 0 Å². The van der Waals surface area contributed by atoms with Gasteiger partial charge in [0.2, 0.25) is 5.95 Å². The van der Waals surface area contributed by atoms with Crippen LogP contribution in [0.15, 0.2) is 29.0 Å². The Morgan fingerprint density at radius 2 is 2.17 bits per heavy atom. The summed E-state index contributed by atoms with van der Waals surface area (Å²) in [5.41, 5.74) is 0.335. The van der Waals surface area contributed by atoms with Crippen LogP contribution in [0.5, 0.6) is 0 Å². The van der Waals surface area contributed by atoms with Gasteiger partial charge < -0.3 is 14.7 Å². The number of piperidine rings is 1. The third-order valence-corrected chi connectivity index (χ3v) is 3.92. The first-order chi connectivity index (χ1) is 11.1. The number of rotatable bonds is 4. The SMILES string of the molecule is CC(C)c1cc(C(=O)N[C@H]2CCCN(c3ncccn3)C2)no1. The van der Waals surface area contributed by atoms with Crippen molar-refractivity contribution in [3.8, 4) is 0 Å². The Morgan fingerprint density at radius 1 is 1.39 bits per heavy atom. The average molecular weight is 315 g/mol. The fourth-order valence-corrected chi connectivity index (χ4v) is 2.66. The molecule has 3 heterocycles. The molecule has 23 heavy (non-hydrogen) atoms. The van der Waals surface area contributed by atoms with Crippen molar-refractivity contribution in [2.75, 3.05) is 18.0 Å². The first kappa shape index (κ1) is 15.5. The van der Waals surface area contributed by atoms with Crippen LogP contribution in [0.4, 0.5) is 5.95 Å². The van der Waals surface area contributed by atoms with Crippen LogP contribution in [0.3, 0.4) is 0 Å². The van der Waals surface area contributed by atoms with E-state index in [1.807, 2.05) is 13.8 Å². The summed E-state index contributed by atoms with van der Waals surface area (Å²) < 4.78 is 5.19. The van der Waals surface area contributed by atoms with Gasteiger partial charge in [-0.25, -0.2) is 9.97 Å². The van der Waals surface area contributed by atoms with Crippen molar-refractivity contribution in [1.82, 2.24) is 20.4 Å². The van der Waals surface area contributed by atoms with E-state index in [0.717, 1.165) is 25.1 Å². The third kappa shape index (κ3) is 3.67. The molecule has 122 valence electrons. The van der Waals surface area contributed by atoms with Crippen LogP contribution in [0, 0.1) is 0 Å². The van der Waals surface area contributed by atoms with E-state index in [0.29, 0.717) is 18.2 Å². The van der Waals surface area contributed by atoms with E-state index >= 15 is 0 Å². The molecule has 1 aliphatic heterocycles. The zero-order chi connectivity index (χ0) is 16.2. The predicted octanol–water partition coefficient (Wildman–Crippen LogP) is 1.99. The molecule has 1 saturated heterocycles. The summed E-state index contributed by atoms with van der Waals surface area (Å²) in [6.45, 7) is 5.60. The fourth-order valence-electron chi connectivity index (χ4n) is 2.66. The number of carbonyl (C=O) groups excluding carboxylic acids is 1. The summed E-state index contributed by atoms with van der Waals surface area (Å²) in [4.78, 5) is 22.9. The number of nitrogens with zero attached hydrogens (tertiary/aromatic N) is 4. The van der Waals surface area contributed by atoms with Gasteiger partial charge in [0, 0.05) is 43.5 Å². The van der Waals surface area contributed by atoms with Crippen LogP contribution in [0.2, 0.25) is 0 Å². The summed E-state index contributed by atoms with van der Waals surface area (Å²) in [6.07, 6.45) is 5.38. The van der Waals surface area contributed by atoms with E-state index in [1.165, 1.54) is 0 Å². The van der Waals surface area contributed by atoms with Crippen LogP contribution in [0.1, 0.15) is 48.9 Å². The molecule has 7 heteroatoms. The molecule has 7 nitrogen and oxygen atoms in total. The second-order valence-electron chi connectivity index (χ2n) is 6.08. The summed E-state index contributed by atoms with van der Waals surface area (Å²) in [7, 11) is 0. The molecular weight excluding hydrogens is 294 g/mol. The molecule has 2 aromatic heterocycles. The largest absolute Gasteiger partial charge is 0.360 e. The van der Waals surface area contributed by atoms with Gasteiger partial charge in [0.25, 0.3) is 5.91 Å². The number of hydrogen-bond donors (Lipinski definition) is 1. The Morgan fingerprint density at radius 3 is 2.87 bits per heavy atom. The highest BCUT2D eigenvalue weighted by Crippen LogP contribution is 2.17. The molecular formula is C16H21N5O2. The lowest BCUT2D eigenvalue weighted by atomic mass is 10.1.